The van der Waals surface area contributed by atoms with Crippen LogP contribution in [0.15, 0.2) is 34.9 Å². The molecule has 0 spiro atoms. The summed E-state index contributed by atoms with van der Waals surface area (Å²) in [5, 5.41) is 0. The van der Waals surface area contributed by atoms with Crippen LogP contribution in [0.3, 0.4) is 0 Å². The lowest BCUT2D eigenvalue weighted by Gasteiger charge is -2.23. The number of likely N-dealkylation sites (tertiary alicyclic amines) is 1. The van der Waals surface area contributed by atoms with Crippen molar-refractivity contribution < 1.29 is 18.3 Å². The highest BCUT2D eigenvalue weighted by molar-refractivity contribution is 5.92. The maximum absolute atomic E-state index is 13.6. The Bertz CT molecular complexity index is 749. The molecule has 0 radical (unpaired) electrons. The Morgan fingerprint density at radius 1 is 1.46 bits per heavy atom. The number of nitrogens with zero attached hydrogens (tertiary/aromatic N) is 3. The van der Waals surface area contributed by atoms with Gasteiger partial charge in [0.2, 0.25) is 5.89 Å². The number of ether oxygens (including phenoxy) is 1. The molecule has 0 bridgehead atoms. The fraction of sp³-hybridized carbons (Fsp3) is 0.474. The first kappa shape index (κ1) is 18.4. The highest BCUT2D eigenvalue weighted by Crippen LogP contribution is 2.19. The van der Waals surface area contributed by atoms with Gasteiger partial charge in [-0.1, -0.05) is 12.1 Å². The molecule has 1 amide bonds. The Labute approximate surface area is 152 Å². The molecule has 1 atom stereocenters. The Hall–Kier alpha value is -2.41. The van der Waals surface area contributed by atoms with Crippen LogP contribution in [0, 0.1) is 11.7 Å². The van der Waals surface area contributed by atoms with Gasteiger partial charge in [0.15, 0.2) is 23.9 Å². The summed E-state index contributed by atoms with van der Waals surface area (Å²) in [5.74, 6) is 0.254. The van der Waals surface area contributed by atoms with Gasteiger partial charge in [0.05, 0.1) is 0 Å². The van der Waals surface area contributed by atoms with Crippen LogP contribution in [0.1, 0.15) is 29.7 Å². The third-order valence-corrected chi connectivity index (χ3v) is 4.60. The highest BCUT2D eigenvalue weighted by Gasteiger charge is 2.25. The second kappa shape index (κ2) is 8.31. The van der Waals surface area contributed by atoms with Gasteiger partial charge in [0.1, 0.15) is 6.26 Å². The molecule has 0 aliphatic carbocycles. The van der Waals surface area contributed by atoms with Gasteiger partial charge >= 0.3 is 0 Å². The minimum Gasteiger partial charge on any atom is -0.481 e. The van der Waals surface area contributed by atoms with Crippen LogP contribution >= 0.6 is 0 Å². The van der Waals surface area contributed by atoms with E-state index in [1.165, 1.54) is 18.4 Å². The predicted molar refractivity (Wildman–Crippen MR) is 94.4 cm³/mol. The second-order valence-corrected chi connectivity index (χ2v) is 6.61. The van der Waals surface area contributed by atoms with Crippen LogP contribution in [0.25, 0.3) is 0 Å². The fourth-order valence-electron chi connectivity index (χ4n) is 3.18. The van der Waals surface area contributed by atoms with E-state index in [1.807, 2.05) is 6.92 Å². The van der Waals surface area contributed by atoms with Gasteiger partial charge in [-0.3, -0.25) is 4.79 Å². The summed E-state index contributed by atoms with van der Waals surface area (Å²) in [4.78, 5) is 20.9. The van der Waals surface area contributed by atoms with Crippen LogP contribution < -0.4 is 4.74 Å². The number of benzene rings is 1. The lowest BCUT2D eigenvalue weighted by molar-refractivity contribution is 0.0733. The molecule has 1 aromatic heterocycles. The molecule has 26 heavy (non-hydrogen) atoms. The number of oxazole rings is 1. The van der Waals surface area contributed by atoms with Crippen molar-refractivity contribution in [2.75, 3.05) is 33.2 Å². The average molecular weight is 361 g/mol. The number of hydrogen-bond donors (Lipinski definition) is 0. The van der Waals surface area contributed by atoms with Gasteiger partial charge in [-0.05, 0) is 45.0 Å². The number of hydrogen-bond acceptors (Lipinski definition) is 5. The Balaban J connectivity index is 1.58. The largest absolute Gasteiger partial charge is 0.481 e. The van der Waals surface area contributed by atoms with Crippen LogP contribution in [0.5, 0.6) is 5.75 Å². The van der Waals surface area contributed by atoms with E-state index in [4.69, 9.17) is 9.15 Å². The number of amides is 1. The zero-order valence-corrected chi connectivity index (χ0v) is 15.2. The highest BCUT2D eigenvalue weighted by atomic mass is 19.1. The van der Waals surface area contributed by atoms with E-state index < -0.39 is 5.82 Å². The van der Waals surface area contributed by atoms with E-state index in [2.05, 4.69) is 16.9 Å². The molecule has 7 heteroatoms. The van der Waals surface area contributed by atoms with Crippen molar-refractivity contribution in [1.82, 2.24) is 14.8 Å². The molecule has 1 saturated heterocycles. The van der Waals surface area contributed by atoms with Crippen LogP contribution in [0.4, 0.5) is 4.39 Å². The zero-order valence-electron chi connectivity index (χ0n) is 15.2. The van der Waals surface area contributed by atoms with Crippen molar-refractivity contribution >= 4 is 5.91 Å². The maximum Gasteiger partial charge on any atom is 0.275 e. The summed E-state index contributed by atoms with van der Waals surface area (Å²) in [5.41, 5.74) is 0.255. The van der Waals surface area contributed by atoms with E-state index in [9.17, 15) is 9.18 Å². The minimum atomic E-state index is -0.450. The standard InChI is InChI=1S/C19H24FN3O3/c1-3-23(11-14-8-9-22(2)10-14)19(24)16-12-26-18(21-16)13-25-17-7-5-4-6-15(17)20/h4-7,12,14H,3,8-11,13H2,1-2H3/t14-/m0/s1. The monoisotopic (exact) mass is 361 g/mol. The molecule has 3 rings (SSSR count). The summed E-state index contributed by atoms with van der Waals surface area (Å²) in [6, 6.07) is 6.12. The van der Waals surface area contributed by atoms with Gasteiger partial charge < -0.3 is 19.0 Å². The fourth-order valence-corrected chi connectivity index (χ4v) is 3.18. The molecule has 0 saturated carbocycles. The molecule has 1 fully saturated rings. The van der Waals surface area contributed by atoms with E-state index in [1.54, 1.807) is 17.0 Å². The molecule has 0 N–H and O–H groups in total. The third-order valence-electron chi connectivity index (χ3n) is 4.60. The summed E-state index contributed by atoms with van der Waals surface area (Å²) in [7, 11) is 2.09. The molecule has 0 unspecified atom stereocenters. The molecule has 2 heterocycles. The van der Waals surface area contributed by atoms with Crippen molar-refractivity contribution in [3.05, 3.63) is 47.9 Å². The number of aromatic nitrogens is 1. The molecule has 2 aromatic rings. The number of carbonyl (C=O) groups is 1. The predicted octanol–water partition coefficient (Wildman–Crippen LogP) is 2.81. The molecule has 6 nitrogen and oxygen atoms in total. The normalized spacial score (nSPS) is 17.4. The SMILES string of the molecule is CCN(C[C@H]1CCN(C)C1)C(=O)c1coc(COc2ccccc2F)n1. The van der Waals surface area contributed by atoms with E-state index >= 15 is 0 Å². The molecular formula is C19H24FN3O3. The Morgan fingerprint density at radius 3 is 2.96 bits per heavy atom. The van der Waals surface area contributed by atoms with Crippen molar-refractivity contribution in [1.29, 1.82) is 0 Å². The van der Waals surface area contributed by atoms with Crippen LogP contribution in [0.2, 0.25) is 0 Å². The number of carbonyl (C=O) groups excluding carboxylic acids is 1. The Morgan fingerprint density at radius 2 is 2.27 bits per heavy atom. The van der Waals surface area contributed by atoms with Crippen LogP contribution in [-0.2, 0) is 6.61 Å². The molecule has 1 aromatic carbocycles. The first-order valence-electron chi connectivity index (χ1n) is 8.86. The lowest BCUT2D eigenvalue weighted by atomic mass is 10.1. The smallest absolute Gasteiger partial charge is 0.275 e. The van der Waals surface area contributed by atoms with Crippen LogP contribution in [-0.4, -0.2) is 53.9 Å². The van der Waals surface area contributed by atoms with Gasteiger partial charge in [0.25, 0.3) is 5.91 Å². The van der Waals surface area contributed by atoms with Gasteiger partial charge in [0, 0.05) is 19.6 Å². The third kappa shape index (κ3) is 4.40. The quantitative estimate of drug-likeness (QED) is 0.759. The number of halogens is 1. The van der Waals surface area contributed by atoms with Crippen molar-refractivity contribution in [3.63, 3.8) is 0 Å². The molecular weight excluding hydrogens is 337 g/mol. The van der Waals surface area contributed by atoms with Crippen molar-refractivity contribution in [2.24, 2.45) is 5.92 Å². The summed E-state index contributed by atoms with van der Waals surface area (Å²) < 4.78 is 24.2. The summed E-state index contributed by atoms with van der Waals surface area (Å²) >= 11 is 0. The molecule has 140 valence electrons. The average Bonchev–Trinajstić information content (AvgIpc) is 3.27. The second-order valence-electron chi connectivity index (χ2n) is 6.61. The number of rotatable bonds is 7. The van der Waals surface area contributed by atoms with Gasteiger partial charge in [-0.25, -0.2) is 9.37 Å². The topological polar surface area (TPSA) is 58.8 Å². The van der Waals surface area contributed by atoms with E-state index in [-0.39, 0.29) is 29.8 Å². The van der Waals surface area contributed by atoms with Crippen molar-refractivity contribution in [3.8, 4) is 5.75 Å². The lowest BCUT2D eigenvalue weighted by Crippen LogP contribution is -2.36. The molecule has 1 aliphatic rings. The Kier molecular flexibility index (Phi) is 5.88. The minimum absolute atomic E-state index is 0.0340. The summed E-state index contributed by atoms with van der Waals surface area (Å²) in [6.45, 7) is 5.33. The van der Waals surface area contributed by atoms with Crippen molar-refractivity contribution in [2.45, 2.75) is 20.0 Å². The zero-order chi connectivity index (χ0) is 18.5. The number of para-hydroxylation sites is 1. The van der Waals surface area contributed by atoms with E-state index in [0.717, 1.165) is 19.5 Å². The first-order valence-corrected chi connectivity index (χ1v) is 8.86. The van der Waals surface area contributed by atoms with E-state index in [0.29, 0.717) is 19.0 Å². The maximum atomic E-state index is 13.6. The van der Waals surface area contributed by atoms with Gasteiger partial charge in [-0.2, -0.15) is 0 Å². The molecule has 1 aliphatic heterocycles. The summed E-state index contributed by atoms with van der Waals surface area (Å²) in [6.07, 6.45) is 2.44. The first-order chi connectivity index (χ1) is 12.6. The van der Waals surface area contributed by atoms with Gasteiger partial charge in [-0.15, -0.1) is 0 Å².